The van der Waals surface area contributed by atoms with Gasteiger partial charge in [0.05, 0.1) is 6.21 Å². The molecule has 2 aromatic carbocycles. The van der Waals surface area contributed by atoms with Crippen molar-refractivity contribution in [2.45, 2.75) is 13.3 Å². The first-order valence-corrected chi connectivity index (χ1v) is 7.01. The van der Waals surface area contributed by atoms with Crippen LogP contribution in [0.1, 0.15) is 17.5 Å². The molecule has 3 N–H and O–H groups in total. The van der Waals surface area contributed by atoms with Crippen LogP contribution in [0.25, 0.3) is 0 Å². The number of hydrogen-bond donors (Lipinski definition) is 3. The lowest BCUT2D eigenvalue weighted by Crippen LogP contribution is -2.24. The van der Waals surface area contributed by atoms with E-state index in [4.69, 9.17) is 5.11 Å². The molecule has 2 amide bonds. The number of rotatable bonds is 5. The van der Waals surface area contributed by atoms with Crippen molar-refractivity contribution in [3.05, 3.63) is 59.7 Å². The Bertz CT molecular complexity index is 724. The third-order valence-corrected chi connectivity index (χ3v) is 3.04. The largest absolute Gasteiger partial charge is 0.508 e. The van der Waals surface area contributed by atoms with Crippen molar-refractivity contribution in [1.29, 1.82) is 0 Å². The van der Waals surface area contributed by atoms with Crippen molar-refractivity contribution in [1.82, 2.24) is 5.43 Å². The predicted octanol–water partition coefficient (Wildman–Crippen LogP) is 2.18. The first-order valence-electron chi connectivity index (χ1n) is 7.01. The number of nitrogens with one attached hydrogen (secondary N) is 2. The van der Waals surface area contributed by atoms with Crippen molar-refractivity contribution in [2.75, 3.05) is 5.32 Å². The Kier molecular flexibility index (Phi) is 5.46. The number of carbonyl (C=O) groups is 2. The fraction of sp³-hybridized carbons (Fsp3) is 0.118. The summed E-state index contributed by atoms with van der Waals surface area (Å²) in [6.07, 6.45) is 1.11. The summed E-state index contributed by atoms with van der Waals surface area (Å²) in [4.78, 5) is 23.4. The minimum atomic E-state index is -0.508. The van der Waals surface area contributed by atoms with E-state index in [1.807, 2.05) is 25.1 Å². The maximum Gasteiger partial charge on any atom is 0.249 e. The zero-order valence-electron chi connectivity index (χ0n) is 12.6. The highest BCUT2D eigenvalue weighted by molar-refractivity contribution is 6.04. The average molecular weight is 311 g/mol. The Balaban J connectivity index is 1.81. The number of nitrogens with zero attached hydrogens (tertiary/aromatic N) is 1. The van der Waals surface area contributed by atoms with E-state index >= 15 is 0 Å². The summed E-state index contributed by atoms with van der Waals surface area (Å²) in [5.41, 5.74) is 4.60. The maximum absolute atomic E-state index is 11.8. The van der Waals surface area contributed by atoms with Gasteiger partial charge in [0.25, 0.3) is 0 Å². The number of hydrogen-bond acceptors (Lipinski definition) is 4. The van der Waals surface area contributed by atoms with Crippen LogP contribution in [0.2, 0.25) is 0 Å². The van der Waals surface area contributed by atoms with Gasteiger partial charge in [-0.3, -0.25) is 9.59 Å². The number of anilines is 1. The highest BCUT2D eigenvalue weighted by Gasteiger charge is 2.09. The zero-order chi connectivity index (χ0) is 16.7. The summed E-state index contributed by atoms with van der Waals surface area (Å²) >= 11 is 0. The van der Waals surface area contributed by atoms with E-state index in [2.05, 4.69) is 15.8 Å². The van der Waals surface area contributed by atoms with Crippen LogP contribution < -0.4 is 10.7 Å². The first-order chi connectivity index (χ1) is 11.0. The molecular weight excluding hydrogens is 294 g/mol. The fourth-order valence-electron chi connectivity index (χ4n) is 1.83. The number of aryl methyl sites for hydroxylation is 1. The molecule has 0 saturated heterocycles. The number of phenols is 1. The summed E-state index contributed by atoms with van der Waals surface area (Å²) in [7, 11) is 0. The van der Waals surface area contributed by atoms with Gasteiger partial charge in [0.2, 0.25) is 11.8 Å². The highest BCUT2D eigenvalue weighted by atomic mass is 16.3. The lowest BCUT2D eigenvalue weighted by Gasteiger charge is -2.07. The average Bonchev–Trinajstić information content (AvgIpc) is 2.51. The molecule has 0 spiro atoms. The van der Waals surface area contributed by atoms with Gasteiger partial charge in [-0.05, 0) is 48.4 Å². The molecule has 2 rings (SSSR count). The number of hydrazone groups is 1. The summed E-state index contributed by atoms with van der Waals surface area (Å²) < 4.78 is 0. The smallest absolute Gasteiger partial charge is 0.249 e. The van der Waals surface area contributed by atoms with E-state index in [1.165, 1.54) is 18.3 Å². The predicted molar refractivity (Wildman–Crippen MR) is 88.3 cm³/mol. The molecular formula is C17H17N3O3. The van der Waals surface area contributed by atoms with Crippen LogP contribution in [-0.4, -0.2) is 23.1 Å². The highest BCUT2D eigenvalue weighted by Crippen LogP contribution is 2.13. The first kappa shape index (κ1) is 16.2. The van der Waals surface area contributed by atoms with Crippen LogP contribution >= 0.6 is 0 Å². The molecule has 0 aliphatic carbocycles. The van der Waals surface area contributed by atoms with Crippen LogP contribution in [0.15, 0.2) is 53.6 Å². The molecule has 0 aromatic heterocycles. The van der Waals surface area contributed by atoms with Gasteiger partial charge < -0.3 is 10.4 Å². The number of amides is 2. The lowest BCUT2D eigenvalue weighted by atomic mass is 10.2. The van der Waals surface area contributed by atoms with Crippen molar-refractivity contribution < 1.29 is 14.7 Å². The fourth-order valence-corrected chi connectivity index (χ4v) is 1.83. The normalized spacial score (nSPS) is 10.5. The van der Waals surface area contributed by atoms with E-state index in [-0.39, 0.29) is 12.2 Å². The van der Waals surface area contributed by atoms with Gasteiger partial charge in [-0.2, -0.15) is 5.10 Å². The third-order valence-electron chi connectivity index (χ3n) is 3.04. The van der Waals surface area contributed by atoms with E-state index in [0.29, 0.717) is 11.3 Å². The molecule has 0 aliphatic heterocycles. The Morgan fingerprint density at radius 3 is 2.48 bits per heavy atom. The van der Waals surface area contributed by atoms with Crippen LogP contribution in [0.4, 0.5) is 5.69 Å². The molecule has 0 bridgehead atoms. The topological polar surface area (TPSA) is 90.8 Å². The summed E-state index contributed by atoms with van der Waals surface area (Å²) in [5.74, 6) is -0.762. The van der Waals surface area contributed by atoms with Gasteiger partial charge >= 0.3 is 0 Å². The van der Waals surface area contributed by atoms with E-state index in [9.17, 15) is 9.59 Å². The van der Waals surface area contributed by atoms with Gasteiger partial charge in [-0.15, -0.1) is 0 Å². The van der Waals surface area contributed by atoms with Gasteiger partial charge in [-0.25, -0.2) is 5.43 Å². The van der Waals surface area contributed by atoms with Crippen molar-refractivity contribution in [2.24, 2.45) is 5.10 Å². The van der Waals surface area contributed by atoms with Crippen LogP contribution in [0, 0.1) is 6.92 Å². The van der Waals surface area contributed by atoms with Crippen LogP contribution in [0.5, 0.6) is 5.75 Å². The molecule has 6 heteroatoms. The van der Waals surface area contributed by atoms with E-state index < -0.39 is 11.8 Å². The van der Waals surface area contributed by atoms with Crippen LogP contribution in [-0.2, 0) is 9.59 Å². The summed E-state index contributed by atoms with van der Waals surface area (Å²) in [6.45, 7) is 1.87. The SMILES string of the molecule is Cc1ccccc1NC(=O)CC(=O)N/N=C/c1ccc(O)cc1. The van der Waals surface area contributed by atoms with Crippen molar-refractivity contribution in [3.63, 3.8) is 0 Å². The van der Waals surface area contributed by atoms with E-state index in [1.54, 1.807) is 18.2 Å². The van der Waals surface area contributed by atoms with Gasteiger partial charge in [-0.1, -0.05) is 18.2 Å². The molecule has 118 valence electrons. The summed E-state index contributed by atoms with van der Waals surface area (Å²) in [6, 6.07) is 13.6. The molecule has 0 unspecified atom stereocenters. The minimum Gasteiger partial charge on any atom is -0.508 e. The molecule has 6 nitrogen and oxygen atoms in total. The molecule has 0 fully saturated rings. The molecule has 0 atom stereocenters. The number of phenolic OH excluding ortho intramolecular Hbond substituents is 1. The quantitative estimate of drug-likeness (QED) is 0.449. The third kappa shape index (κ3) is 5.28. The Labute approximate surface area is 133 Å². The van der Waals surface area contributed by atoms with Crippen LogP contribution in [0.3, 0.4) is 0 Å². The van der Waals surface area contributed by atoms with Gasteiger partial charge in [0, 0.05) is 5.69 Å². The molecule has 0 saturated carbocycles. The molecule has 0 radical (unpaired) electrons. The van der Waals surface area contributed by atoms with Gasteiger partial charge in [0.1, 0.15) is 12.2 Å². The van der Waals surface area contributed by atoms with E-state index in [0.717, 1.165) is 5.56 Å². The Hall–Kier alpha value is -3.15. The van der Waals surface area contributed by atoms with Crippen molar-refractivity contribution >= 4 is 23.7 Å². The molecule has 2 aromatic rings. The Morgan fingerprint density at radius 1 is 1.09 bits per heavy atom. The second-order valence-electron chi connectivity index (χ2n) is 4.92. The number of aromatic hydroxyl groups is 1. The summed E-state index contributed by atoms with van der Waals surface area (Å²) in [5, 5.41) is 15.6. The number of para-hydroxylation sites is 1. The standard InChI is InChI=1S/C17H17N3O3/c1-12-4-2-3-5-15(12)19-16(22)10-17(23)20-18-11-13-6-8-14(21)9-7-13/h2-9,11,21H,10H2,1H3,(H,19,22)(H,20,23)/b18-11+. The molecule has 0 heterocycles. The molecule has 0 aliphatic rings. The van der Waals surface area contributed by atoms with Gasteiger partial charge in [0.15, 0.2) is 0 Å². The lowest BCUT2D eigenvalue weighted by molar-refractivity contribution is -0.126. The minimum absolute atomic E-state index is 0.152. The zero-order valence-corrected chi connectivity index (χ0v) is 12.6. The monoisotopic (exact) mass is 311 g/mol. The van der Waals surface area contributed by atoms with Crippen molar-refractivity contribution in [3.8, 4) is 5.75 Å². The number of carbonyl (C=O) groups excluding carboxylic acids is 2. The molecule has 23 heavy (non-hydrogen) atoms. The second-order valence-corrected chi connectivity index (χ2v) is 4.92. The Morgan fingerprint density at radius 2 is 1.78 bits per heavy atom. The maximum atomic E-state index is 11.8. The second kappa shape index (κ2) is 7.74. The number of benzene rings is 2.